The summed E-state index contributed by atoms with van der Waals surface area (Å²) in [5.74, 6) is 2.47. The van der Waals surface area contributed by atoms with Crippen LogP contribution in [0.25, 0.3) is 0 Å². The monoisotopic (exact) mass is 180 g/mol. The summed E-state index contributed by atoms with van der Waals surface area (Å²) in [7, 11) is 1.99. The minimum atomic E-state index is 0.0297. The Morgan fingerprint density at radius 3 is 3.08 bits per heavy atom. The SMILES string of the molecule is C#CCNC(=O)C1CCCCN1C. The van der Waals surface area contributed by atoms with Crippen LogP contribution < -0.4 is 5.32 Å². The van der Waals surface area contributed by atoms with Crippen LogP contribution in [0.4, 0.5) is 0 Å². The van der Waals surface area contributed by atoms with Crippen molar-refractivity contribution >= 4 is 5.91 Å². The molecule has 1 amide bonds. The van der Waals surface area contributed by atoms with Crippen LogP contribution in [0.1, 0.15) is 19.3 Å². The average molecular weight is 180 g/mol. The van der Waals surface area contributed by atoms with E-state index in [1.54, 1.807) is 0 Å². The van der Waals surface area contributed by atoms with Crippen molar-refractivity contribution in [3.63, 3.8) is 0 Å². The van der Waals surface area contributed by atoms with E-state index in [0.717, 1.165) is 19.4 Å². The lowest BCUT2D eigenvalue weighted by atomic mass is 10.0. The van der Waals surface area contributed by atoms with E-state index in [4.69, 9.17) is 6.42 Å². The second kappa shape index (κ2) is 4.88. The summed E-state index contributed by atoms with van der Waals surface area (Å²) >= 11 is 0. The van der Waals surface area contributed by atoms with Crippen LogP contribution in [0, 0.1) is 12.3 Å². The first-order chi connectivity index (χ1) is 6.25. The molecule has 1 fully saturated rings. The maximum absolute atomic E-state index is 11.5. The smallest absolute Gasteiger partial charge is 0.238 e. The molecule has 3 heteroatoms. The Bertz CT molecular complexity index is 219. The predicted octanol–water partition coefficient (Wildman–Crippen LogP) is 0.220. The Balaban J connectivity index is 2.40. The first-order valence-electron chi connectivity index (χ1n) is 4.67. The van der Waals surface area contributed by atoms with Gasteiger partial charge >= 0.3 is 0 Å². The summed E-state index contributed by atoms with van der Waals surface area (Å²) in [6, 6.07) is 0.0297. The van der Waals surface area contributed by atoms with Gasteiger partial charge in [0.05, 0.1) is 12.6 Å². The number of terminal acetylenes is 1. The lowest BCUT2D eigenvalue weighted by molar-refractivity contribution is -0.126. The first kappa shape index (κ1) is 10.1. The average Bonchev–Trinajstić information content (AvgIpc) is 2.15. The van der Waals surface area contributed by atoms with Gasteiger partial charge in [-0.05, 0) is 26.4 Å². The van der Waals surface area contributed by atoms with Crippen molar-refractivity contribution in [3.8, 4) is 12.3 Å². The van der Waals surface area contributed by atoms with Crippen molar-refractivity contribution < 1.29 is 4.79 Å². The van der Waals surface area contributed by atoms with Crippen molar-refractivity contribution in [2.24, 2.45) is 0 Å². The van der Waals surface area contributed by atoms with Gasteiger partial charge in [0, 0.05) is 0 Å². The summed E-state index contributed by atoms with van der Waals surface area (Å²) in [5.41, 5.74) is 0. The number of likely N-dealkylation sites (tertiary alicyclic amines) is 1. The van der Waals surface area contributed by atoms with E-state index in [2.05, 4.69) is 16.1 Å². The van der Waals surface area contributed by atoms with Crippen molar-refractivity contribution in [1.29, 1.82) is 0 Å². The number of likely N-dealkylation sites (N-methyl/N-ethyl adjacent to an activating group) is 1. The maximum atomic E-state index is 11.5. The molecule has 72 valence electrons. The number of nitrogens with zero attached hydrogens (tertiary/aromatic N) is 1. The molecule has 13 heavy (non-hydrogen) atoms. The third-order valence-electron chi connectivity index (χ3n) is 2.44. The number of piperidine rings is 1. The highest BCUT2D eigenvalue weighted by molar-refractivity contribution is 5.81. The lowest BCUT2D eigenvalue weighted by Gasteiger charge is -2.30. The molecule has 1 aliphatic rings. The summed E-state index contributed by atoms with van der Waals surface area (Å²) < 4.78 is 0. The highest BCUT2D eigenvalue weighted by Gasteiger charge is 2.24. The Morgan fingerprint density at radius 2 is 2.46 bits per heavy atom. The van der Waals surface area contributed by atoms with Gasteiger partial charge in [-0.1, -0.05) is 12.3 Å². The van der Waals surface area contributed by atoms with Gasteiger partial charge in [-0.25, -0.2) is 0 Å². The summed E-state index contributed by atoms with van der Waals surface area (Å²) in [6.07, 6.45) is 8.34. The molecular formula is C10H16N2O. The molecule has 1 saturated heterocycles. The molecule has 1 rings (SSSR count). The van der Waals surface area contributed by atoms with Gasteiger partial charge in [-0.2, -0.15) is 0 Å². The minimum Gasteiger partial charge on any atom is -0.344 e. The van der Waals surface area contributed by atoms with Gasteiger partial charge in [0.2, 0.25) is 5.91 Å². The Morgan fingerprint density at radius 1 is 1.69 bits per heavy atom. The number of hydrogen-bond donors (Lipinski definition) is 1. The van der Waals surface area contributed by atoms with Crippen LogP contribution in [0.15, 0.2) is 0 Å². The van der Waals surface area contributed by atoms with Crippen LogP contribution in [0.3, 0.4) is 0 Å². The molecule has 1 unspecified atom stereocenters. The van der Waals surface area contributed by atoms with Crippen LogP contribution in [-0.4, -0.2) is 37.0 Å². The second-order valence-electron chi connectivity index (χ2n) is 3.41. The van der Waals surface area contributed by atoms with Crippen LogP contribution in [0.5, 0.6) is 0 Å². The topological polar surface area (TPSA) is 32.3 Å². The minimum absolute atomic E-state index is 0.0297. The molecule has 1 aliphatic heterocycles. The lowest BCUT2D eigenvalue weighted by Crippen LogP contribution is -2.47. The van der Waals surface area contributed by atoms with Crippen molar-refractivity contribution in [3.05, 3.63) is 0 Å². The molecule has 0 aliphatic carbocycles. The number of rotatable bonds is 2. The quantitative estimate of drug-likeness (QED) is 0.617. The van der Waals surface area contributed by atoms with Gasteiger partial charge in [0.1, 0.15) is 0 Å². The molecule has 0 radical (unpaired) electrons. The molecule has 1 heterocycles. The van der Waals surface area contributed by atoms with Crippen molar-refractivity contribution in [1.82, 2.24) is 10.2 Å². The van der Waals surface area contributed by atoms with Crippen molar-refractivity contribution in [2.45, 2.75) is 25.3 Å². The normalized spacial score (nSPS) is 23.5. The standard InChI is InChI=1S/C10H16N2O/c1-3-7-11-10(13)9-6-4-5-8-12(9)2/h1,9H,4-8H2,2H3,(H,11,13). The summed E-state index contributed by atoms with van der Waals surface area (Å²) in [6.45, 7) is 1.34. The third-order valence-corrected chi connectivity index (χ3v) is 2.44. The molecule has 3 nitrogen and oxygen atoms in total. The van der Waals surface area contributed by atoms with Crippen LogP contribution in [-0.2, 0) is 4.79 Å². The number of carbonyl (C=O) groups is 1. The van der Waals surface area contributed by atoms with Crippen molar-refractivity contribution in [2.75, 3.05) is 20.1 Å². The third kappa shape index (κ3) is 2.74. The van der Waals surface area contributed by atoms with E-state index in [1.165, 1.54) is 6.42 Å². The van der Waals surface area contributed by atoms with E-state index in [9.17, 15) is 4.79 Å². The van der Waals surface area contributed by atoms with Gasteiger partial charge < -0.3 is 5.32 Å². The fourth-order valence-corrected chi connectivity index (χ4v) is 1.66. The van der Waals surface area contributed by atoms with E-state index in [1.807, 2.05) is 7.05 Å². The van der Waals surface area contributed by atoms with Crippen LogP contribution >= 0.6 is 0 Å². The molecule has 0 aromatic carbocycles. The second-order valence-corrected chi connectivity index (χ2v) is 3.41. The van der Waals surface area contributed by atoms with E-state index in [-0.39, 0.29) is 11.9 Å². The van der Waals surface area contributed by atoms with E-state index >= 15 is 0 Å². The number of nitrogens with one attached hydrogen (secondary N) is 1. The molecule has 0 bridgehead atoms. The fraction of sp³-hybridized carbons (Fsp3) is 0.700. The van der Waals surface area contributed by atoms with E-state index < -0.39 is 0 Å². The number of carbonyl (C=O) groups excluding carboxylic acids is 1. The molecule has 1 atom stereocenters. The largest absolute Gasteiger partial charge is 0.344 e. The zero-order chi connectivity index (χ0) is 9.68. The molecule has 0 aromatic heterocycles. The van der Waals surface area contributed by atoms with Gasteiger partial charge in [0.15, 0.2) is 0 Å². The highest BCUT2D eigenvalue weighted by atomic mass is 16.2. The maximum Gasteiger partial charge on any atom is 0.238 e. The molecule has 1 N–H and O–H groups in total. The molecule has 0 saturated carbocycles. The zero-order valence-electron chi connectivity index (χ0n) is 8.05. The fourth-order valence-electron chi connectivity index (χ4n) is 1.66. The van der Waals surface area contributed by atoms with Gasteiger partial charge in [-0.15, -0.1) is 6.42 Å². The molecular weight excluding hydrogens is 164 g/mol. The highest BCUT2D eigenvalue weighted by Crippen LogP contribution is 2.14. The summed E-state index contributed by atoms with van der Waals surface area (Å²) in [4.78, 5) is 13.6. The van der Waals surface area contributed by atoms with Gasteiger partial charge in [-0.3, -0.25) is 9.69 Å². The zero-order valence-corrected chi connectivity index (χ0v) is 8.05. The van der Waals surface area contributed by atoms with Crippen LogP contribution in [0.2, 0.25) is 0 Å². The summed E-state index contributed by atoms with van der Waals surface area (Å²) in [5, 5.41) is 2.72. The first-order valence-corrected chi connectivity index (χ1v) is 4.67. The van der Waals surface area contributed by atoms with E-state index in [0.29, 0.717) is 6.54 Å². The predicted molar refractivity (Wildman–Crippen MR) is 52.1 cm³/mol. The Hall–Kier alpha value is -1.01. The molecule has 0 spiro atoms. The Labute approximate surface area is 79.5 Å². The number of amides is 1. The molecule has 0 aromatic rings. The number of hydrogen-bond acceptors (Lipinski definition) is 2. The Kier molecular flexibility index (Phi) is 3.78. The van der Waals surface area contributed by atoms with Gasteiger partial charge in [0.25, 0.3) is 0 Å².